The van der Waals surface area contributed by atoms with Crippen LogP contribution in [0.5, 0.6) is 0 Å². The number of thioether (sulfide) groups is 2. The van der Waals surface area contributed by atoms with Crippen molar-refractivity contribution in [3.63, 3.8) is 0 Å². The van der Waals surface area contributed by atoms with Crippen LogP contribution in [0, 0.1) is 0 Å². The maximum atomic E-state index is 5.65. The Morgan fingerprint density at radius 2 is 0.709 bits per heavy atom. The molecule has 0 aromatic carbocycles. The lowest BCUT2D eigenvalue weighted by Gasteiger charge is -2.07. The fourth-order valence-corrected chi connectivity index (χ4v) is 4.37. The van der Waals surface area contributed by atoms with Gasteiger partial charge in [0.1, 0.15) is 0 Å². The minimum absolute atomic E-state index is 0.000000000000000444. The third-order valence-corrected chi connectivity index (χ3v) is 6.41. The number of anilines is 4. The van der Waals surface area contributed by atoms with Crippen molar-refractivity contribution in [2.75, 3.05) is 92.9 Å². The normalized spacial score (nSPS) is 9.20. The number of hydrogen-bond donors (Lipinski definition) is 9. The Morgan fingerprint density at radius 1 is 0.436 bits per heavy atom. The van der Waals surface area contributed by atoms with Gasteiger partial charge in [-0.05, 0) is 116 Å². The van der Waals surface area contributed by atoms with Gasteiger partial charge in [0.2, 0.25) is 55.5 Å². The van der Waals surface area contributed by atoms with Crippen LogP contribution in [-0.2, 0) is 0 Å². The number of nitrogens with two attached hydrogens (primary N) is 4. The first-order valence-corrected chi connectivity index (χ1v) is 21.1. The van der Waals surface area contributed by atoms with E-state index in [1.807, 2.05) is 33.3 Å². The second-order valence-corrected chi connectivity index (χ2v) is 11.7. The van der Waals surface area contributed by atoms with Crippen molar-refractivity contribution in [1.82, 2.24) is 59.8 Å². The molecule has 4 aromatic rings. The number of nitrogens with one attached hydrogen (secondary N) is 4. The highest BCUT2D eigenvalue weighted by Crippen LogP contribution is 2.14. The van der Waals surface area contributed by atoms with Crippen LogP contribution in [0.3, 0.4) is 0 Å². The van der Waals surface area contributed by atoms with Crippen LogP contribution in [0.25, 0.3) is 0 Å². The summed E-state index contributed by atoms with van der Waals surface area (Å²) in [4.78, 5) is 46.0. The van der Waals surface area contributed by atoms with Crippen LogP contribution < -0.4 is 44.2 Å². The number of nitrogens with zero attached hydrogens (tertiary/aromatic N) is 12. The Hall–Kier alpha value is -2.13. The molecule has 0 spiro atoms. The van der Waals surface area contributed by atoms with Crippen LogP contribution in [0.4, 0.5) is 23.8 Å². The molecular formula is C26H48Cl6N20S3. The summed E-state index contributed by atoms with van der Waals surface area (Å²) in [5.41, 5.74) is 19.7. The van der Waals surface area contributed by atoms with Gasteiger partial charge in [0.25, 0.3) is 0 Å². The summed E-state index contributed by atoms with van der Waals surface area (Å²) in [7, 11) is 1.50. The van der Waals surface area contributed by atoms with E-state index in [0.29, 0.717) is 60.3 Å². The zero-order chi connectivity index (χ0) is 42.6. The summed E-state index contributed by atoms with van der Waals surface area (Å²) < 4.78 is 0. The molecule has 0 fully saturated rings. The van der Waals surface area contributed by atoms with Crippen molar-refractivity contribution in [3.8, 4) is 0 Å². The fourth-order valence-electron chi connectivity index (χ4n) is 2.47. The van der Waals surface area contributed by atoms with Gasteiger partial charge in [0.15, 0.2) is 10.3 Å². The molecule has 20 nitrogen and oxygen atoms in total. The van der Waals surface area contributed by atoms with E-state index in [4.69, 9.17) is 86.8 Å². The molecule has 55 heavy (non-hydrogen) atoms. The van der Waals surface area contributed by atoms with Crippen LogP contribution in [0.15, 0.2) is 10.3 Å². The number of rotatable bonds is 12. The predicted octanol–water partition coefficient (Wildman–Crippen LogP) is 4.54. The molecule has 0 atom stereocenters. The fraction of sp³-hybridized carbons (Fsp3) is 0.538. The number of aromatic nitrogens is 12. The van der Waals surface area contributed by atoms with Gasteiger partial charge in [0.05, 0.1) is 0 Å². The van der Waals surface area contributed by atoms with Gasteiger partial charge in [-0.25, -0.2) is 0 Å². The highest BCUT2D eigenvalue weighted by Gasteiger charge is 2.05. The van der Waals surface area contributed by atoms with E-state index in [1.165, 1.54) is 30.6 Å². The Bertz CT molecular complexity index is 1470. The highest BCUT2D eigenvalue weighted by molar-refractivity contribution is 7.98. The van der Waals surface area contributed by atoms with Gasteiger partial charge >= 0.3 is 0 Å². The summed E-state index contributed by atoms with van der Waals surface area (Å²) in [5.74, 6) is 2.09. The highest BCUT2D eigenvalue weighted by atomic mass is 35.5. The first kappa shape index (κ1) is 57.2. The molecule has 0 unspecified atom stereocenters. The number of halogens is 6. The van der Waals surface area contributed by atoms with Crippen LogP contribution in [0.1, 0.15) is 20.8 Å². The average Bonchev–Trinajstić information content (AvgIpc) is 3.15. The van der Waals surface area contributed by atoms with Crippen LogP contribution >= 0.6 is 106 Å². The minimum Gasteiger partial charge on any atom is -0.354 e. The van der Waals surface area contributed by atoms with Gasteiger partial charge in [0, 0.05) is 45.8 Å². The zero-order valence-electron chi connectivity index (χ0n) is 31.2. The number of hydrogen-bond acceptors (Lipinski definition) is 23. The lowest BCUT2D eigenvalue weighted by atomic mass is 10.6. The molecule has 0 aliphatic rings. The van der Waals surface area contributed by atoms with Crippen molar-refractivity contribution in [2.24, 2.45) is 22.9 Å². The third kappa shape index (κ3) is 31.6. The molecule has 4 aromatic heterocycles. The van der Waals surface area contributed by atoms with Crippen molar-refractivity contribution < 1.29 is 0 Å². The Labute approximate surface area is 365 Å². The molecule has 12 N–H and O–H groups in total. The van der Waals surface area contributed by atoms with Crippen molar-refractivity contribution in [2.45, 2.75) is 31.1 Å². The molecule has 0 radical (unpaired) electrons. The Morgan fingerprint density at radius 3 is 1.02 bits per heavy atom. The molecule has 0 aliphatic heterocycles. The third-order valence-electron chi connectivity index (χ3n) is 4.30. The molecule has 0 aliphatic carbocycles. The van der Waals surface area contributed by atoms with E-state index in [1.54, 1.807) is 6.26 Å². The van der Waals surface area contributed by atoms with E-state index in [9.17, 15) is 0 Å². The molecule has 0 bridgehead atoms. The molecule has 4 heterocycles. The second-order valence-electron chi connectivity index (χ2n) is 8.11. The molecule has 312 valence electrons. The van der Waals surface area contributed by atoms with Gasteiger partial charge < -0.3 is 44.2 Å². The Balaban J connectivity index is -0.000000622. The molecule has 0 saturated heterocycles. The first-order valence-electron chi connectivity index (χ1n) is 15.5. The standard InChI is InChI=1S/C8H16N6S.C6H9ClN4S.C5H6Cl2N4.C3Cl3N3.C2H8N2.CH5N.CH4S/c1-3-10-6-12-7(11-5-4-9)14-8(13-6)15-2;1-3-8-5-9-4(7)10-6(11-5)12-2;1-2-8-5-10-3(6)9-4(7)11-5;4-1-7-2(5)9-3(6)8-1;3-1-2-4;2*1-2/h3-5,9H2,1-2H3,(H2,10,11,12,13,14);3H2,1-2H3,(H,8,9,10,11);2H2,1H3,(H,8,9,10,11);;1-4H2;2H2,1H3;2H,1H3. The molecule has 0 saturated carbocycles. The number of thiol groups is 1. The van der Waals surface area contributed by atoms with Crippen molar-refractivity contribution >= 4 is 130 Å². The van der Waals surface area contributed by atoms with E-state index in [-0.39, 0.29) is 31.7 Å². The predicted molar refractivity (Wildman–Crippen MR) is 236 cm³/mol. The maximum Gasteiger partial charge on any atom is 0.228 e. The molecule has 0 amide bonds. The quantitative estimate of drug-likeness (QED) is 0.0695. The largest absolute Gasteiger partial charge is 0.354 e. The van der Waals surface area contributed by atoms with Gasteiger partial charge in [-0.15, -0.1) is 0 Å². The van der Waals surface area contributed by atoms with E-state index in [0.717, 1.165) is 19.6 Å². The summed E-state index contributed by atoms with van der Waals surface area (Å²) >= 11 is 39.1. The summed E-state index contributed by atoms with van der Waals surface area (Å²) in [6.45, 7) is 10.6. The smallest absolute Gasteiger partial charge is 0.228 e. The molecular weight excluding hydrogens is 901 g/mol. The van der Waals surface area contributed by atoms with Crippen molar-refractivity contribution in [1.29, 1.82) is 0 Å². The Kier molecular flexibility index (Phi) is 40.3. The lowest BCUT2D eigenvalue weighted by Crippen LogP contribution is -2.16. The minimum atomic E-state index is 0.000000000000000444. The maximum absolute atomic E-state index is 5.65. The zero-order valence-corrected chi connectivity index (χ0v) is 38.2. The van der Waals surface area contributed by atoms with Crippen LogP contribution in [-0.4, -0.2) is 131 Å². The van der Waals surface area contributed by atoms with E-state index in [2.05, 4.69) is 99.4 Å². The van der Waals surface area contributed by atoms with E-state index >= 15 is 0 Å². The van der Waals surface area contributed by atoms with E-state index < -0.39 is 0 Å². The van der Waals surface area contributed by atoms with Crippen LogP contribution in [0.2, 0.25) is 31.7 Å². The van der Waals surface area contributed by atoms with Gasteiger partial charge in [-0.2, -0.15) is 72.4 Å². The van der Waals surface area contributed by atoms with Gasteiger partial charge in [-0.1, -0.05) is 23.5 Å². The summed E-state index contributed by atoms with van der Waals surface area (Å²) in [5, 5.41) is 13.6. The topological polar surface area (TPSA) is 307 Å². The van der Waals surface area contributed by atoms with Gasteiger partial charge in [-0.3, -0.25) is 0 Å². The summed E-state index contributed by atoms with van der Waals surface area (Å²) in [6, 6.07) is 0. The summed E-state index contributed by atoms with van der Waals surface area (Å²) in [6.07, 6.45) is 5.51. The average molecular weight is 950 g/mol. The van der Waals surface area contributed by atoms with Crippen molar-refractivity contribution in [3.05, 3.63) is 31.7 Å². The molecule has 29 heteroatoms. The second kappa shape index (κ2) is 38.7. The lowest BCUT2D eigenvalue weighted by molar-refractivity contribution is 0.885. The monoisotopic (exact) mass is 946 g/mol. The SMILES string of the molecule is CCNc1nc(Cl)nc(Cl)n1.CCNc1nc(Cl)nc(SC)n1.CCNc1nc(NCCN)nc(SC)n1.CN.CS.Clc1nc(Cl)nc(Cl)n1.NCCN. The first-order chi connectivity index (χ1) is 26.4. The molecule has 4 rings (SSSR count).